The van der Waals surface area contributed by atoms with E-state index in [1.54, 1.807) is 36.8 Å². The van der Waals surface area contributed by atoms with E-state index in [4.69, 9.17) is 16.3 Å². The number of nitrogens with zero attached hydrogens (tertiary/aromatic N) is 1. The minimum Gasteiger partial charge on any atom is -0.495 e. The number of nitrogens with one attached hydrogen (secondary N) is 2. The van der Waals surface area contributed by atoms with Crippen LogP contribution in [0.25, 0.3) is 0 Å². The molecule has 0 radical (unpaired) electrons. The second-order valence-corrected chi connectivity index (χ2v) is 6.62. The average molecular weight is 374 g/mol. The molecule has 3 aromatic rings. The number of methoxy groups -OCH3 is 1. The van der Waals surface area contributed by atoms with Gasteiger partial charge < -0.3 is 15.4 Å². The van der Waals surface area contributed by atoms with Crippen LogP contribution in [0.3, 0.4) is 0 Å². The molecule has 3 rings (SSSR count). The number of aromatic nitrogens is 1. The van der Waals surface area contributed by atoms with Crippen LogP contribution in [0.4, 0.5) is 16.5 Å². The van der Waals surface area contributed by atoms with Gasteiger partial charge in [0.15, 0.2) is 5.13 Å². The van der Waals surface area contributed by atoms with Crippen molar-refractivity contribution in [2.45, 2.75) is 6.92 Å². The molecule has 25 heavy (non-hydrogen) atoms. The van der Waals surface area contributed by atoms with E-state index in [2.05, 4.69) is 15.6 Å². The van der Waals surface area contributed by atoms with Crippen molar-refractivity contribution in [1.82, 2.24) is 4.98 Å². The summed E-state index contributed by atoms with van der Waals surface area (Å²) in [5.74, 6) is 0.441. The van der Waals surface area contributed by atoms with Gasteiger partial charge >= 0.3 is 0 Å². The standard InChI is InChI=1S/C18H16ClN3O2S/c1-11-3-8-16(24-2)14(9-11)21-18-22-15(10-25-18)17(23)20-13-6-4-12(19)5-7-13/h3-10H,1-2H3,(H,20,23)(H,21,22). The Bertz CT molecular complexity index is 894. The summed E-state index contributed by atoms with van der Waals surface area (Å²) >= 11 is 7.19. The Hall–Kier alpha value is -2.57. The lowest BCUT2D eigenvalue weighted by Crippen LogP contribution is -2.12. The maximum Gasteiger partial charge on any atom is 0.275 e. The van der Waals surface area contributed by atoms with Crippen molar-refractivity contribution in [3.63, 3.8) is 0 Å². The molecule has 0 atom stereocenters. The molecule has 0 unspecified atom stereocenters. The van der Waals surface area contributed by atoms with Gasteiger partial charge in [0.25, 0.3) is 5.91 Å². The number of amides is 1. The van der Waals surface area contributed by atoms with Crippen molar-refractivity contribution in [1.29, 1.82) is 0 Å². The number of benzene rings is 2. The summed E-state index contributed by atoms with van der Waals surface area (Å²) in [5, 5.41) is 8.92. The largest absolute Gasteiger partial charge is 0.495 e. The fourth-order valence-electron chi connectivity index (χ4n) is 2.20. The minimum absolute atomic E-state index is 0.275. The van der Waals surface area contributed by atoms with E-state index in [0.717, 1.165) is 11.3 Å². The molecule has 0 fully saturated rings. The monoisotopic (exact) mass is 373 g/mol. The van der Waals surface area contributed by atoms with Crippen LogP contribution in [0.5, 0.6) is 5.75 Å². The Labute approximate surface area is 154 Å². The molecule has 1 amide bonds. The number of hydrogen-bond acceptors (Lipinski definition) is 5. The lowest BCUT2D eigenvalue weighted by molar-refractivity contribution is 0.102. The van der Waals surface area contributed by atoms with Gasteiger partial charge in [-0.05, 0) is 48.9 Å². The first-order valence-corrected chi connectivity index (χ1v) is 8.75. The Kier molecular flexibility index (Phi) is 5.21. The third-order valence-electron chi connectivity index (χ3n) is 3.44. The predicted octanol–water partition coefficient (Wildman–Crippen LogP) is 5.11. The van der Waals surface area contributed by atoms with E-state index >= 15 is 0 Å². The molecule has 2 aromatic carbocycles. The Morgan fingerprint density at radius 2 is 1.96 bits per heavy atom. The van der Waals surface area contributed by atoms with Gasteiger partial charge in [0.2, 0.25) is 0 Å². The second-order valence-electron chi connectivity index (χ2n) is 5.33. The van der Waals surface area contributed by atoms with Crippen LogP contribution in [0, 0.1) is 6.92 Å². The summed E-state index contributed by atoms with van der Waals surface area (Å²) in [5.41, 5.74) is 2.91. The minimum atomic E-state index is -0.275. The zero-order chi connectivity index (χ0) is 17.8. The van der Waals surface area contributed by atoms with Crippen molar-refractivity contribution < 1.29 is 9.53 Å². The number of carbonyl (C=O) groups excluding carboxylic acids is 1. The summed E-state index contributed by atoms with van der Waals surface area (Å²) in [6.07, 6.45) is 0. The summed E-state index contributed by atoms with van der Waals surface area (Å²) in [6.45, 7) is 2.00. The van der Waals surface area contributed by atoms with Crippen molar-refractivity contribution in [3.05, 3.63) is 64.1 Å². The molecule has 2 N–H and O–H groups in total. The number of hydrogen-bond donors (Lipinski definition) is 2. The summed E-state index contributed by atoms with van der Waals surface area (Å²) in [7, 11) is 1.61. The van der Waals surface area contributed by atoms with Crippen molar-refractivity contribution in [2.24, 2.45) is 0 Å². The first-order chi connectivity index (χ1) is 12.0. The lowest BCUT2D eigenvalue weighted by Gasteiger charge is -2.09. The Morgan fingerprint density at radius 3 is 2.68 bits per heavy atom. The van der Waals surface area contributed by atoms with E-state index < -0.39 is 0 Å². The molecule has 1 heterocycles. The van der Waals surface area contributed by atoms with Gasteiger partial charge in [-0.2, -0.15) is 0 Å². The van der Waals surface area contributed by atoms with E-state index in [1.165, 1.54) is 11.3 Å². The Morgan fingerprint density at radius 1 is 1.20 bits per heavy atom. The molecule has 1 aromatic heterocycles. The second kappa shape index (κ2) is 7.55. The number of halogens is 1. The van der Waals surface area contributed by atoms with Crippen molar-refractivity contribution in [3.8, 4) is 5.75 Å². The highest BCUT2D eigenvalue weighted by Crippen LogP contribution is 2.30. The third-order valence-corrected chi connectivity index (χ3v) is 4.45. The van der Waals surface area contributed by atoms with Crippen LogP contribution < -0.4 is 15.4 Å². The first kappa shape index (κ1) is 17.3. The maximum atomic E-state index is 12.3. The van der Waals surface area contributed by atoms with Crippen LogP contribution in [-0.2, 0) is 0 Å². The highest BCUT2D eigenvalue weighted by molar-refractivity contribution is 7.14. The zero-order valence-electron chi connectivity index (χ0n) is 13.7. The van der Waals surface area contributed by atoms with Gasteiger partial charge in [-0.3, -0.25) is 4.79 Å². The molecule has 0 spiro atoms. The fourth-order valence-corrected chi connectivity index (χ4v) is 3.03. The molecular weight excluding hydrogens is 358 g/mol. The van der Waals surface area contributed by atoms with Crippen molar-refractivity contribution >= 4 is 45.4 Å². The zero-order valence-corrected chi connectivity index (χ0v) is 15.2. The van der Waals surface area contributed by atoms with E-state index in [0.29, 0.717) is 27.3 Å². The van der Waals surface area contributed by atoms with E-state index in [1.807, 2.05) is 25.1 Å². The fraction of sp³-hybridized carbons (Fsp3) is 0.111. The normalized spacial score (nSPS) is 10.4. The van der Waals surface area contributed by atoms with Gasteiger partial charge in [-0.1, -0.05) is 17.7 Å². The molecule has 0 saturated carbocycles. The average Bonchev–Trinajstić information content (AvgIpc) is 3.06. The molecule has 0 aliphatic heterocycles. The number of anilines is 3. The SMILES string of the molecule is COc1ccc(C)cc1Nc1nc(C(=O)Nc2ccc(Cl)cc2)cs1. The van der Waals surface area contributed by atoms with Crippen LogP contribution in [0.15, 0.2) is 47.8 Å². The van der Waals surface area contributed by atoms with E-state index in [-0.39, 0.29) is 5.91 Å². The van der Waals surface area contributed by atoms with Crippen LogP contribution in [0.2, 0.25) is 5.02 Å². The summed E-state index contributed by atoms with van der Waals surface area (Å²) < 4.78 is 5.34. The summed E-state index contributed by atoms with van der Waals surface area (Å²) in [4.78, 5) is 16.6. The van der Waals surface area contributed by atoms with Gasteiger partial charge in [-0.15, -0.1) is 11.3 Å². The maximum absolute atomic E-state index is 12.3. The van der Waals surface area contributed by atoms with Gasteiger partial charge in [0.05, 0.1) is 12.8 Å². The number of aryl methyl sites for hydroxylation is 1. The van der Waals surface area contributed by atoms with Crippen LogP contribution >= 0.6 is 22.9 Å². The molecule has 0 saturated heterocycles. The third kappa shape index (κ3) is 4.29. The van der Waals surface area contributed by atoms with Crippen LogP contribution in [-0.4, -0.2) is 18.0 Å². The first-order valence-electron chi connectivity index (χ1n) is 7.49. The summed E-state index contributed by atoms with van der Waals surface area (Å²) in [6, 6.07) is 12.7. The number of thiazole rings is 1. The smallest absolute Gasteiger partial charge is 0.275 e. The quantitative estimate of drug-likeness (QED) is 0.652. The molecule has 0 aliphatic carbocycles. The molecule has 5 nitrogen and oxygen atoms in total. The number of rotatable bonds is 5. The molecular formula is C18H16ClN3O2S. The topological polar surface area (TPSA) is 63.2 Å². The van der Waals surface area contributed by atoms with Gasteiger partial charge in [-0.25, -0.2) is 4.98 Å². The highest BCUT2D eigenvalue weighted by atomic mass is 35.5. The van der Waals surface area contributed by atoms with Crippen molar-refractivity contribution in [2.75, 3.05) is 17.7 Å². The van der Waals surface area contributed by atoms with Gasteiger partial charge in [0.1, 0.15) is 11.4 Å². The number of carbonyl (C=O) groups is 1. The molecule has 0 bridgehead atoms. The number of ether oxygens (including phenoxy) is 1. The molecule has 0 aliphatic rings. The molecule has 7 heteroatoms. The Balaban J connectivity index is 1.73. The predicted molar refractivity (Wildman–Crippen MR) is 103 cm³/mol. The lowest BCUT2D eigenvalue weighted by atomic mass is 10.2. The molecule has 128 valence electrons. The van der Waals surface area contributed by atoms with E-state index in [9.17, 15) is 4.79 Å². The highest BCUT2D eigenvalue weighted by Gasteiger charge is 2.12. The van der Waals surface area contributed by atoms with Crippen LogP contribution in [0.1, 0.15) is 16.1 Å². The van der Waals surface area contributed by atoms with Gasteiger partial charge in [0, 0.05) is 16.1 Å².